The lowest BCUT2D eigenvalue weighted by Gasteiger charge is -2.25. The number of ether oxygens (including phenoxy) is 1. The number of hydrogen-bond acceptors (Lipinski definition) is 4. The first kappa shape index (κ1) is 13.6. The van der Waals surface area contributed by atoms with Crippen LogP contribution < -0.4 is 5.32 Å². The molecule has 2 N–H and O–H groups in total. The van der Waals surface area contributed by atoms with Crippen LogP contribution >= 0.6 is 23.2 Å². The van der Waals surface area contributed by atoms with Crippen LogP contribution in [0.2, 0.25) is 10.2 Å². The quantitative estimate of drug-likeness (QED) is 0.658. The molecule has 4 nitrogen and oxygen atoms in total. The molecule has 1 aromatic heterocycles. The Bertz CT molecular complexity index is 459. The maximum Gasteiger partial charge on any atom is 0.148 e. The average Bonchev–Trinajstić information content (AvgIpc) is 2.34. The van der Waals surface area contributed by atoms with E-state index in [1.165, 1.54) is 0 Å². The zero-order chi connectivity index (χ0) is 13.1. The van der Waals surface area contributed by atoms with Crippen LogP contribution in [0.15, 0.2) is 6.07 Å². The Hall–Kier alpha value is -0.840. The van der Waals surface area contributed by atoms with Gasteiger partial charge in [-0.05, 0) is 32.3 Å². The van der Waals surface area contributed by atoms with Gasteiger partial charge in [-0.1, -0.05) is 23.2 Å². The molecule has 0 saturated carbocycles. The SMILES string of the molecule is CC(=N)c1nc(Cl)c(Cl)cc1NC1CCCCO1. The molecular weight excluding hydrogens is 273 g/mol. The largest absolute Gasteiger partial charge is 0.359 e. The third-order valence-electron chi connectivity index (χ3n) is 2.78. The minimum atomic E-state index is -0.0455. The summed E-state index contributed by atoms with van der Waals surface area (Å²) in [5, 5.41) is 11.5. The molecule has 0 aromatic carbocycles. The second-order valence-electron chi connectivity index (χ2n) is 4.28. The number of pyridine rings is 1. The smallest absolute Gasteiger partial charge is 0.148 e. The van der Waals surface area contributed by atoms with Crippen LogP contribution in [-0.4, -0.2) is 23.5 Å². The number of rotatable bonds is 3. The molecule has 1 fully saturated rings. The number of anilines is 1. The average molecular weight is 288 g/mol. The van der Waals surface area contributed by atoms with Crippen molar-refractivity contribution in [1.29, 1.82) is 5.41 Å². The van der Waals surface area contributed by atoms with Gasteiger partial charge in [0.2, 0.25) is 0 Å². The molecule has 0 radical (unpaired) electrons. The number of halogens is 2. The summed E-state index contributed by atoms with van der Waals surface area (Å²) >= 11 is 11.8. The number of nitrogens with zero attached hydrogens (tertiary/aromatic N) is 1. The van der Waals surface area contributed by atoms with Gasteiger partial charge >= 0.3 is 0 Å². The predicted molar refractivity (Wildman–Crippen MR) is 74.0 cm³/mol. The standard InChI is InChI=1S/C12H15Cl2N3O/c1-7(15)11-9(6-8(13)12(14)17-11)16-10-4-2-3-5-18-10/h6,10,15-16H,2-5H2,1H3. The van der Waals surface area contributed by atoms with Gasteiger partial charge in [-0.25, -0.2) is 4.98 Å². The first-order valence-corrected chi connectivity index (χ1v) is 6.63. The van der Waals surface area contributed by atoms with Gasteiger partial charge in [0.1, 0.15) is 17.1 Å². The summed E-state index contributed by atoms with van der Waals surface area (Å²) in [7, 11) is 0. The van der Waals surface area contributed by atoms with Gasteiger partial charge in [0.15, 0.2) is 0 Å². The highest BCUT2D eigenvalue weighted by molar-refractivity contribution is 6.41. The normalized spacial score (nSPS) is 19.6. The van der Waals surface area contributed by atoms with Crippen molar-refractivity contribution in [2.45, 2.75) is 32.4 Å². The lowest BCUT2D eigenvalue weighted by Crippen LogP contribution is -2.28. The molecule has 1 aromatic rings. The Morgan fingerprint density at radius 1 is 1.50 bits per heavy atom. The van der Waals surface area contributed by atoms with Gasteiger partial charge in [-0.2, -0.15) is 0 Å². The van der Waals surface area contributed by atoms with Crippen molar-refractivity contribution >= 4 is 34.6 Å². The first-order valence-electron chi connectivity index (χ1n) is 5.87. The third kappa shape index (κ3) is 3.13. The van der Waals surface area contributed by atoms with E-state index in [0.717, 1.165) is 25.9 Å². The lowest BCUT2D eigenvalue weighted by molar-refractivity contribution is 0.0343. The topological polar surface area (TPSA) is 58.0 Å². The Morgan fingerprint density at radius 3 is 2.89 bits per heavy atom. The van der Waals surface area contributed by atoms with E-state index < -0.39 is 0 Å². The number of hydrogen-bond donors (Lipinski definition) is 2. The van der Waals surface area contributed by atoms with Crippen molar-refractivity contribution in [3.8, 4) is 0 Å². The molecular formula is C12H15Cl2N3O. The maximum absolute atomic E-state index is 7.72. The highest BCUT2D eigenvalue weighted by Crippen LogP contribution is 2.27. The van der Waals surface area contributed by atoms with E-state index in [-0.39, 0.29) is 11.4 Å². The monoisotopic (exact) mass is 287 g/mol. The molecule has 0 spiro atoms. The molecule has 6 heteroatoms. The summed E-state index contributed by atoms with van der Waals surface area (Å²) in [6, 6.07) is 1.70. The van der Waals surface area contributed by atoms with Crippen LogP contribution in [0, 0.1) is 5.41 Å². The van der Waals surface area contributed by atoms with Crippen molar-refractivity contribution in [2.24, 2.45) is 0 Å². The van der Waals surface area contributed by atoms with Crippen molar-refractivity contribution in [2.75, 3.05) is 11.9 Å². The summed E-state index contributed by atoms with van der Waals surface area (Å²) < 4.78 is 5.60. The summed E-state index contributed by atoms with van der Waals surface area (Å²) in [6.07, 6.45) is 3.12. The second-order valence-corrected chi connectivity index (χ2v) is 5.05. The molecule has 0 bridgehead atoms. The van der Waals surface area contributed by atoms with Gasteiger partial charge in [0.25, 0.3) is 0 Å². The summed E-state index contributed by atoms with van der Waals surface area (Å²) in [4.78, 5) is 4.13. The van der Waals surface area contributed by atoms with Crippen molar-refractivity contribution in [3.63, 3.8) is 0 Å². The van der Waals surface area contributed by atoms with E-state index >= 15 is 0 Å². The Balaban J connectivity index is 2.24. The predicted octanol–water partition coefficient (Wildman–Crippen LogP) is 3.71. The fraction of sp³-hybridized carbons (Fsp3) is 0.500. The van der Waals surface area contributed by atoms with Gasteiger partial charge < -0.3 is 15.5 Å². The van der Waals surface area contributed by atoms with Crippen LogP contribution in [0.5, 0.6) is 0 Å². The fourth-order valence-electron chi connectivity index (χ4n) is 1.89. The van der Waals surface area contributed by atoms with Crippen molar-refractivity contribution in [1.82, 2.24) is 4.98 Å². The van der Waals surface area contributed by atoms with E-state index in [4.69, 9.17) is 33.3 Å². The molecule has 2 rings (SSSR count). The zero-order valence-electron chi connectivity index (χ0n) is 10.1. The highest BCUT2D eigenvalue weighted by atomic mass is 35.5. The van der Waals surface area contributed by atoms with Crippen LogP contribution in [0.1, 0.15) is 31.9 Å². The Labute approximate surface area is 116 Å². The van der Waals surface area contributed by atoms with E-state index in [1.807, 2.05) is 0 Å². The summed E-state index contributed by atoms with van der Waals surface area (Å²) in [6.45, 7) is 2.42. The van der Waals surface area contributed by atoms with Gasteiger partial charge in [0.05, 0.1) is 16.4 Å². The van der Waals surface area contributed by atoms with Crippen molar-refractivity contribution < 1.29 is 4.74 Å². The van der Waals surface area contributed by atoms with E-state index in [1.54, 1.807) is 13.0 Å². The van der Waals surface area contributed by atoms with Crippen LogP contribution in [-0.2, 0) is 4.74 Å². The van der Waals surface area contributed by atoms with Crippen LogP contribution in [0.4, 0.5) is 5.69 Å². The molecule has 0 aliphatic carbocycles. The number of aromatic nitrogens is 1. The van der Waals surface area contributed by atoms with E-state index in [0.29, 0.717) is 22.1 Å². The zero-order valence-corrected chi connectivity index (χ0v) is 11.6. The fourth-order valence-corrected chi connectivity index (χ4v) is 2.18. The van der Waals surface area contributed by atoms with Gasteiger partial charge in [-0.3, -0.25) is 0 Å². The number of nitrogens with one attached hydrogen (secondary N) is 2. The maximum atomic E-state index is 7.72. The second kappa shape index (κ2) is 5.87. The minimum absolute atomic E-state index is 0.0455. The molecule has 1 aliphatic heterocycles. The minimum Gasteiger partial charge on any atom is -0.359 e. The molecule has 1 atom stereocenters. The van der Waals surface area contributed by atoms with Gasteiger partial charge in [0, 0.05) is 6.61 Å². The molecule has 98 valence electrons. The Kier molecular flexibility index (Phi) is 4.43. The third-order valence-corrected chi connectivity index (χ3v) is 3.46. The molecule has 0 amide bonds. The molecule has 1 saturated heterocycles. The van der Waals surface area contributed by atoms with Crippen LogP contribution in [0.25, 0.3) is 0 Å². The first-order chi connectivity index (χ1) is 8.58. The molecule has 1 aliphatic rings. The van der Waals surface area contributed by atoms with Gasteiger partial charge in [-0.15, -0.1) is 0 Å². The summed E-state index contributed by atoms with van der Waals surface area (Å²) in [5.74, 6) is 0. The van der Waals surface area contributed by atoms with E-state index in [2.05, 4.69) is 10.3 Å². The van der Waals surface area contributed by atoms with E-state index in [9.17, 15) is 0 Å². The molecule has 1 unspecified atom stereocenters. The lowest BCUT2D eigenvalue weighted by atomic mass is 10.1. The Morgan fingerprint density at radius 2 is 2.28 bits per heavy atom. The molecule has 18 heavy (non-hydrogen) atoms. The van der Waals surface area contributed by atoms with Crippen LogP contribution in [0.3, 0.4) is 0 Å². The molecule has 2 heterocycles. The highest BCUT2D eigenvalue weighted by Gasteiger charge is 2.17. The summed E-state index contributed by atoms with van der Waals surface area (Å²) in [5.41, 5.74) is 1.55. The van der Waals surface area contributed by atoms with Crippen molar-refractivity contribution in [3.05, 3.63) is 21.9 Å².